The van der Waals surface area contributed by atoms with Crippen molar-refractivity contribution in [2.75, 3.05) is 6.61 Å². The minimum absolute atomic E-state index is 0.183. The maximum atomic E-state index is 12.2. The summed E-state index contributed by atoms with van der Waals surface area (Å²) >= 11 is 0. The zero-order valence-electron chi connectivity index (χ0n) is 13.6. The summed E-state index contributed by atoms with van der Waals surface area (Å²) in [6.07, 6.45) is 0.393. The van der Waals surface area contributed by atoms with Crippen LogP contribution in [0.3, 0.4) is 0 Å². The Balaban J connectivity index is 2.75. The van der Waals surface area contributed by atoms with Crippen LogP contribution in [0, 0.1) is 11.8 Å². The van der Waals surface area contributed by atoms with Crippen molar-refractivity contribution in [1.82, 2.24) is 5.32 Å². The standard InChI is InChI=1S/C17H25NO4/c1-11(2)8-15(17(20)21)18-16(19)13-6-5-7-14(9-13)22-10-12(3)4/h5-7,9,11-12,15H,8,10H2,1-4H3,(H,18,19)(H,20,21). The molecule has 1 rings (SSSR count). The molecule has 0 radical (unpaired) electrons. The Kier molecular flexibility index (Phi) is 6.89. The van der Waals surface area contributed by atoms with Crippen molar-refractivity contribution in [3.05, 3.63) is 29.8 Å². The number of carboxylic acids is 1. The first-order valence-corrected chi connectivity index (χ1v) is 7.56. The molecule has 0 spiro atoms. The van der Waals surface area contributed by atoms with Crippen molar-refractivity contribution < 1.29 is 19.4 Å². The van der Waals surface area contributed by atoms with Crippen LogP contribution < -0.4 is 10.1 Å². The molecule has 0 saturated heterocycles. The van der Waals surface area contributed by atoms with Crippen LogP contribution in [0.15, 0.2) is 24.3 Å². The van der Waals surface area contributed by atoms with Crippen molar-refractivity contribution >= 4 is 11.9 Å². The maximum absolute atomic E-state index is 12.2. The van der Waals surface area contributed by atoms with E-state index in [1.54, 1.807) is 24.3 Å². The fourth-order valence-corrected chi connectivity index (χ4v) is 1.92. The fourth-order valence-electron chi connectivity index (χ4n) is 1.92. The summed E-state index contributed by atoms with van der Waals surface area (Å²) < 4.78 is 5.58. The lowest BCUT2D eigenvalue weighted by Crippen LogP contribution is -2.41. The van der Waals surface area contributed by atoms with Gasteiger partial charge in [-0.05, 0) is 36.5 Å². The Morgan fingerprint density at radius 2 is 1.86 bits per heavy atom. The second-order valence-electron chi connectivity index (χ2n) is 6.23. The number of amides is 1. The molecule has 122 valence electrons. The van der Waals surface area contributed by atoms with Crippen LogP contribution in [0.5, 0.6) is 5.75 Å². The van der Waals surface area contributed by atoms with Crippen LogP contribution in [0.4, 0.5) is 0 Å². The van der Waals surface area contributed by atoms with Crippen LogP contribution in [-0.4, -0.2) is 29.6 Å². The Morgan fingerprint density at radius 1 is 1.18 bits per heavy atom. The van der Waals surface area contributed by atoms with Gasteiger partial charge in [0.25, 0.3) is 5.91 Å². The molecule has 1 atom stereocenters. The zero-order valence-corrected chi connectivity index (χ0v) is 13.6. The van der Waals surface area contributed by atoms with Crippen LogP contribution in [0.2, 0.25) is 0 Å². The topological polar surface area (TPSA) is 75.6 Å². The third-order valence-electron chi connectivity index (χ3n) is 2.99. The van der Waals surface area contributed by atoms with Crippen molar-refractivity contribution in [2.45, 2.75) is 40.2 Å². The highest BCUT2D eigenvalue weighted by atomic mass is 16.5. The number of carbonyl (C=O) groups is 2. The molecule has 5 nitrogen and oxygen atoms in total. The molecule has 0 aliphatic carbocycles. The molecule has 1 aromatic rings. The molecule has 2 N–H and O–H groups in total. The van der Waals surface area contributed by atoms with E-state index in [0.717, 1.165) is 0 Å². The van der Waals surface area contributed by atoms with Crippen molar-refractivity contribution in [3.63, 3.8) is 0 Å². The number of hydrogen-bond donors (Lipinski definition) is 2. The average molecular weight is 307 g/mol. The third kappa shape index (κ3) is 6.16. The van der Waals surface area contributed by atoms with Crippen LogP contribution in [-0.2, 0) is 4.79 Å². The maximum Gasteiger partial charge on any atom is 0.326 e. The third-order valence-corrected chi connectivity index (χ3v) is 2.99. The molecular formula is C17H25NO4. The van der Waals surface area contributed by atoms with Crippen LogP contribution in [0.1, 0.15) is 44.5 Å². The quantitative estimate of drug-likeness (QED) is 0.774. The number of rotatable bonds is 8. The molecule has 0 bridgehead atoms. The predicted octanol–water partition coefficient (Wildman–Crippen LogP) is 2.95. The Hall–Kier alpha value is -2.04. The number of carbonyl (C=O) groups excluding carboxylic acids is 1. The van der Waals surface area contributed by atoms with E-state index in [2.05, 4.69) is 5.32 Å². The van der Waals surface area contributed by atoms with E-state index in [1.807, 2.05) is 27.7 Å². The number of ether oxygens (including phenoxy) is 1. The van der Waals surface area contributed by atoms with Crippen molar-refractivity contribution in [2.24, 2.45) is 11.8 Å². The van der Waals surface area contributed by atoms with Gasteiger partial charge in [0.1, 0.15) is 11.8 Å². The average Bonchev–Trinajstić information content (AvgIpc) is 2.44. The molecule has 0 aliphatic rings. The van der Waals surface area contributed by atoms with Gasteiger partial charge in [-0.15, -0.1) is 0 Å². The van der Waals surface area contributed by atoms with E-state index in [9.17, 15) is 14.7 Å². The minimum atomic E-state index is -1.02. The van der Waals surface area contributed by atoms with E-state index in [1.165, 1.54) is 0 Å². The van der Waals surface area contributed by atoms with Gasteiger partial charge in [-0.1, -0.05) is 33.8 Å². The smallest absolute Gasteiger partial charge is 0.326 e. The number of hydrogen-bond acceptors (Lipinski definition) is 3. The SMILES string of the molecule is CC(C)COc1cccc(C(=O)NC(CC(C)C)C(=O)O)c1. The van der Waals surface area contributed by atoms with Gasteiger partial charge in [0.15, 0.2) is 0 Å². The summed E-state index contributed by atoms with van der Waals surface area (Å²) in [4.78, 5) is 23.4. The summed E-state index contributed by atoms with van der Waals surface area (Å²) in [6, 6.07) is 5.90. The lowest BCUT2D eigenvalue weighted by atomic mass is 10.0. The van der Waals surface area contributed by atoms with Crippen LogP contribution in [0.25, 0.3) is 0 Å². The zero-order chi connectivity index (χ0) is 16.7. The van der Waals surface area contributed by atoms with Gasteiger partial charge < -0.3 is 15.2 Å². The lowest BCUT2D eigenvalue weighted by molar-refractivity contribution is -0.139. The highest BCUT2D eigenvalue weighted by molar-refractivity contribution is 5.96. The highest BCUT2D eigenvalue weighted by Crippen LogP contribution is 2.15. The van der Waals surface area contributed by atoms with E-state index < -0.39 is 17.9 Å². The molecule has 1 amide bonds. The molecule has 22 heavy (non-hydrogen) atoms. The van der Waals surface area contributed by atoms with Gasteiger partial charge in [0.05, 0.1) is 6.61 Å². The fraction of sp³-hybridized carbons (Fsp3) is 0.529. The Morgan fingerprint density at radius 3 is 2.41 bits per heavy atom. The molecule has 0 fully saturated rings. The number of nitrogens with one attached hydrogen (secondary N) is 1. The first kappa shape index (κ1) is 18.0. The van der Waals surface area contributed by atoms with Gasteiger partial charge in [-0.25, -0.2) is 4.79 Å². The molecule has 1 unspecified atom stereocenters. The van der Waals surface area contributed by atoms with Crippen LogP contribution >= 0.6 is 0 Å². The monoisotopic (exact) mass is 307 g/mol. The molecule has 5 heteroatoms. The van der Waals surface area contributed by atoms with Gasteiger partial charge in [-0.2, -0.15) is 0 Å². The largest absolute Gasteiger partial charge is 0.493 e. The number of carboxylic acid groups (broad SMARTS) is 1. The first-order valence-electron chi connectivity index (χ1n) is 7.56. The lowest BCUT2D eigenvalue weighted by Gasteiger charge is -2.17. The second kappa shape index (κ2) is 8.41. The molecule has 1 aromatic carbocycles. The summed E-state index contributed by atoms with van der Waals surface area (Å²) in [7, 11) is 0. The van der Waals surface area contributed by atoms with E-state index in [-0.39, 0.29) is 5.92 Å². The molecule has 0 saturated carbocycles. The van der Waals surface area contributed by atoms with E-state index >= 15 is 0 Å². The van der Waals surface area contributed by atoms with Gasteiger partial charge >= 0.3 is 5.97 Å². The van der Waals surface area contributed by atoms with E-state index in [0.29, 0.717) is 30.3 Å². The second-order valence-corrected chi connectivity index (χ2v) is 6.23. The Labute approximate surface area is 131 Å². The predicted molar refractivity (Wildman–Crippen MR) is 85.1 cm³/mol. The van der Waals surface area contributed by atoms with Crippen molar-refractivity contribution in [3.8, 4) is 5.75 Å². The van der Waals surface area contributed by atoms with Gasteiger partial charge in [-0.3, -0.25) is 4.79 Å². The summed E-state index contributed by atoms with van der Waals surface area (Å²) in [5, 5.41) is 11.7. The highest BCUT2D eigenvalue weighted by Gasteiger charge is 2.21. The minimum Gasteiger partial charge on any atom is -0.493 e. The van der Waals surface area contributed by atoms with Crippen molar-refractivity contribution in [1.29, 1.82) is 0 Å². The molecule has 0 aliphatic heterocycles. The summed E-state index contributed by atoms with van der Waals surface area (Å²) in [5.41, 5.74) is 0.399. The number of aliphatic carboxylic acids is 1. The normalized spacial score (nSPS) is 12.3. The summed E-state index contributed by atoms with van der Waals surface area (Å²) in [5.74, 6) is -0.239. The van der Waals surface area contributed by atoms with E-state index in [4.69, 9.17) is 4.74 Å². The van der Waals surface area contributed by atoms with Gasteiger partial charge in [0.2, 0.25) is 0 Å². The number of benzene rings is 1. The summed E-state index contributed by atoms with van der Waals surface area (Å²) in [6.45, 7) is 8.49. The molecule has 0 aromatic heterocycles. The van der Waals surface area contributed by atoms with Gasteiger partial charge in [0, 0.05) is 5.56 Å². The molecular weight excluding hydrogens is 282 g/mol. The Bertz CT molecular complexity index is 511. The molecule has 0 heterocycles. The first-order chi connectivity index (χ1) is 10.3.